The molecule has 3 N–H and O–H groups in total. The van der Waals surface area contributed by atoms with E-state index in [0.29, 0.717) is 25.7 Å². The Kier molecular flexibility index (Phi) is 72.2. The number of carbonyl (C=O) groups excluding carboxylic acids is 4. The molecule has 102 heavy (non-hydrogen) atoms. The summed E-state index contributed by atoms with van der Waals surface area (Å²) in [4.78, 5) is 73.0. The molecule has 0 amide bonds. The Morgan fingerprint density at radius 1 is 0.324 bits per heavy atom. The van der Waals surface area contributed by atoms with Gasteiger partial charge in [0.1, 0.15) is 19.3 Å². The van der Waals surface area contributed by atoms with E-state index in [1.54, 1.807) is 0 Å². The lowest BCUT2D eigenvalue weighted by Crippen LogP contribution is -2.30. The molecule has 6 atom stereocenters. The largest absolute Gasteiger partial charge is 0.472 e. The van der Waals surface area contributed by atoms with E-state index in [9.17, 15) is 43.2 Å². The number of hydrogen-bond donors (Lipinski definition) is 3. The zero-order valence-electron chi connectivity index (χ0n) is 66.4. The van der Waals surface area contributed by atoms with Crippen molar-refractivity contribution >= 4 is 39.5 Å². The Hall–Kier alpha value is -2.46. The Morgan fingerprint density at radius 3 is 0.882 bits per heavy atom. The molecule has 19 heteroatoms. The third-order valence-corrected chi connectivity index (χ3v) is 21.1. The van der Waals surface area contributed by atoms with Gasteiger partial charge in [0.25, 0.3) is 0 Å². The maximum Gasteiger partial charge on any atom is 0.472 e. The van der Waals surface area contributed by atoms with Crippen LogP contribution in [0.1, 0.15) is 414 Å². The van der Waals surface area contributed by atoms with Crippen LogP contribution in [0, 0.1) is 11.8 Å². The van der Waals surface area contributed by atoms with E-state index in [1.807, 2.05) is 0 Å². The van der Waals surface area contributed by atoms with Crippen molar-refractivity contribution in [1.82, 2.24) is 0 Å². The van der Waals surface area contributed by atoms with Crippen molar-refractivity contribution in [2.75, 3.05) is 39.6 Å². The van der Waals surface area contributed by atoms with Crippen LogP contribution >= 0.6 is 15.6 Å². The minimum absolute atomic E-state index is 0.102. The molecule has 0 saturated carbocycles. The van der Waals surface area contributed by atoms with Gasteiger partial charge in [-0.3, -0.25) is 37.3 Å². The van der Waals surface area contributed by atoms with Gasteiger partial charge in [0.2, 0.25) is 0 Å². The van der Waals surface area contributed by atoms with Crippen molar-refractivity contribution < 1.29 is 80.2 Å². The third-order valence-electron chi connectivity index (χ3n) is 19.2. The molecule has 0 aromatic carbocycles. The van der Waals surface area contributed by atoms with Crippen LogP contribution in [-0.4, -0.2) is 96.7 Å². The number of phosphoric acid groups is 2. The summed E-state index contributed by atoms with van der Waals surface area (Å²) in [5, 5.41) is 10.6. The normalized spacial score (nSPS) is 14.3. The molecule has 0 fully saturated rings. The summed E-state index contributed by atoms with van der Waals surface area (Å²) in [5.41, 5.74) is 0. The zero-order chi connectivity index (χ0) is 74.9. The van der Waals surface area contributed by atoms with Crippen LogP contribution in [0.25, 0.3) is 0 Å². The van der Waals surface area contributed by atoms with E-state index in [4.69, 9.17) is 37.0 Å². The van der Waals surface area contributed by atoms with Gasteiger partial charge in [0, 0.05) is 25.7 Å². The van der Waals surface area contributed by atoms with Crippen LogP contribution in [0.15, 0.2) is 24.3 Å². The molecule has 0 heterocycles. The molecule has 3 unspecified atom stereocenters. The second kappa shape index (κ2) is 74.0. The van der Waals surface area contributed by atoms with Crippen molar-refractivity contribution in [3.63, 3.8) is 0 Å². The minimum Gasteiger partial charge on any atom is -0.462 e. The average molecular weight is 1490 g/mol. The van der Waals surface area contributed by atoms with Crippen LogP contribution in [0.4, 0.5) is 0 Å². The maximum atomic E-state index is 13.1. The van der Waals surface area contributed by atoms with E-state index in [0.717, 1.165) is 121 Å². The third kappa shape index (κ3) is 74.4. The molecule has 0 aromatic rings. The summed E-state index contributed by atoms with van der Waals surface area (Å²) in [6.07, 6.45) is 67.3. The number of allylic oxidation sites excluding steroid dienone is 4. The van der Waals surface area contributed by atoms with Gasteiger partial charge in [-0.25, -0.2) is 9.13 Å². The summed E-state index contributed by atoms with van der Waals surface area (Å²) in [6, 6.07) is 0. The maximum absolute atomic E-state index is 13.1. The lowest BCUT2D eigenvalue weighted by molar-refractivity contribution is -0.161. The van der Waals surface area contributed by atoms with Crippen molar-refractivity contribution in [3.8, 4) is 0 Å². The van der Waals surface area contributed by atoms with Gasteiger partial charge < -0.3 is 33.8 Å². The number of unbranched alkanes of at least 4 members (excludes halogenated alkanes) is 46. The van der Waals surface area contributed by atoms with Crippen LogP contribution in [0.5, 0.6) is 0 Å². The standard InChI is InChI=1S/C83H158O17P2/c1-7-10-12-14-16-18-20-21-26-30-36-42-48-54-60-66-81(86)94-72-79(99-82(87)67-61-55-49-43-37-31-28-25-23-22-24-27-29-35-40-46-52-58-64-76(6)9-3)74-98-102(91,92)96-70-77(84)69-95-101(89,90)97-73-78(71-93-80(85)65-59-53-47-41-33-19-17-15-13-11-8-2)100-83(88)68-62-56-50-44-38-32-34-39-45-51-57-63-75(4)5/h18,20-21,26,75-79,84H,7-17,19,22-25,27-74H2,1-6H3,(H,89,90)(H,91,92)/b20-18-,26-21-/t76?,77-,78+,79+/m0/s1. The van der Waals surface area contributed by atoms with Gasteiger partial charge in [-0.1, -0.05) is 361 Å². The smallest absolute Gasteiger partial charge is 0.462 e. The Balaban J connectivity index is 5.25. The summed E-state index contributed by atoms with van der Waals surface area (Å²) >= 11 is 0. The lowest BCUT2D eigenvalue weighted by atomic mass is 9.99. The van der Waals surface area contributed by atoms with E-state index >= 15 is 0 Å². The summed E-state index contributed by atoms with van der Waals surface area (Å²) in [5.74, 6) is -0.503. The quantitative estimate of drug-likeness (QED) is 0.0169. The van der Waals surface area contributed by atoms with Gasteiger partial charge in [-0.15, -0.1) is 0 Å². The Bertz CT molecular complexity index is 2060. The molecular formula is C83H158O17P2. The van der Waals surface area contributed by atoms with E-state index in [2.05, 4.69) is 65.8 Å². The van der Waals surface area contributed by atoms with Crippen molar-refractivity contribution in [2.45, 2.75) is 432 Å². The predicted octanol–water partition coefficient (Wildman–Crippen LogP) is 24.6. The first-order chi connectivity index (χ1) is 49.4. The molecule has 0 aliphatic carbocycles. The highest BCUT2D eigenvalue weighted by Gasteiger charge is 2.30. The number of phosphoric ester groups is 2. The van der Waals surface area contributed by atoms with Crippen molar-refractivity contribution in [2.24, 2.45) is 11.8 Å². The molecule has 0 aliphatic heterocycles. The van der Waals surface area contributed by atoms with E-state index in [-0.39, 0.29) is 25.7 Å². The molecule has 0 spiro atoms. The molecule has 0 aromatic heterocycles. The first-order valence-electron chi connectivity index (χ1n) is 42.3. The molecule has 602 valence electrons. The number of aliphatic hydroxyl groups is 1. The first-order valence-corrected chi connectivity index (χ1v) is 45.3. The fourth-order valence-corrected chi connectivity index (χ4v) is 13.9. The van der Waals surface area contributed by atoms with Crippen molar-refractivity contribution in [1.29, 1.82) is 0 Å². The molecule has 0 saturated heterocycles. The first kappa shape index (κ1) is 99.5. The number of carbonyl (C=O) groups is 4. The molecule has 0 aliphatic rings. The highest BCUT2D eigenvalue weighted by atomic mass is 31.2. The van der Waals surface area contributed by atoms with E-state index < -0.39 is 97.5 Å². The van der Waals surface area contributed by atoms with E-state index in [1.165, 1.54) is 212 Å². The van der Waals surface area contributed by atoms with Gasteiger partial charge in [0.05, 0.1) is 26.4 Å². The Labute approximate surface area is 624 Å². The Morgan fingerprint density at radius 2 is 0.578 bits per heavy atom. The zero-order valence-corrected chi connectivity index (χ0v) is 68.2. The second-order valence-corrected chi connectivity index (χ2v) is 32.8. The van der Waals surface area contributed by atoms with Crippen LogP contribution in [0.3, 0.4) is 0 Å². The van der Waals surface area contributed by atoms with Crippen LogP contribution in [0.2, 0.25) is 0 Å². The highest BCUT2D eigenvalue weighted by molar-refractivity contribution is 7.47. The second-order valence-electron chi connectivity index (χ2n) is 29.9. The predicted molar refractivity (Wildman–Crippen MR) is 418 cm³/mol. The van der Waals surface area contributed by atoms with Gasteiger partial charge in [0.15, 0.2) is 12.2 Å². The van der Waals surface area contributed by atoms with Crippen LogP contribution < -0.4 is 0 Å². The van der Waals surface area contributed by atoms with Crippen molar-refractivity contribution in [3.05, 3.63) is 24.3 Å². The minimum atomic E-state index is -4.97. The number of rotatable bonds is 80. The van der Waals surface area contributed by atoms with Crippen LogP contribution in [-0.2, 0) is 65.4 Å². The van der Waals surface area contributed by atoms with Gasteiger partial charge in [-0.05, 0) is 63.2 Å². The average Bonchev–Trinajstić information content (AvgIpc) is 0.914. The topological polar surface area (TPSA) is 237 Å². The fraction of sp³-hybridized carbons (Fsp3) is 0.904. The number of ether oxygens (including phenoxy) is 4. The summed E-state index contributed by atoms with van der Waals surface area (Å²) in [6.45, 7) is 9.64. The molecule has 0 radical (unpaired) electrons. The summed E-state index contributed by atoms with van der Waals surface area (Å²) in [7, 11) is -9.93. The molecule has 0 bridgehead atoms. The summed E-state index contributed by atoms with van der Waals surface area (Å²) < 4.78 is 68.7. The number of hydrogen-bond acceptors (Lipinski definition) is 15. The fourth-order valence-electron chi connectivity index (χ4n) is 12.3. The molecule has 17 nitrogen and oxygen atoms in total. The number of esters is 4. The molecule has 0 rings (SSSR count). The van der Waals surface area contributed by atoms with Gasteiger partial charge in [-0.2, -0.15) is 0 Å². The monoisotopic (exact) mass is 1490 g/mol. The highest BCUT2D eigenvalue weighted by Crippen LogP contribution is 2.45. The lowest BCUT2D eigenvalue weighted by Gasteiger charge is -2.21. The number of aliphatic hydroxyl groups excluding tert-OH is 1. The molecular weight excluding hydrogens is 1330 g/mol. The van der Waals surface area contributed by atoms with Gasteiger partial charge >= 0.3 is 39.5 Å². The SMILES string of the molecule is CCCCCC/C=C\C=C/CCCCCCCC(=O)OC[C@H](COP(=O)(O)OC[C@@H](O)COP(=O)(O)OC[C@@H](COC(=O)CCCCCCCCCCCCC)OC(=O)CCCCCCCCCCCCCC(C)C)OC(=O)CCCCCCCCCCCCCCCCCCCCC(C)CC.